The van der Waals surface area contributed by atoms with Crippen molar-refractivity contribution >= 4 is 22.6 Å². The van der Waals surface area contributed by atoms with Gasteiger partial charge in [-0.05, 0) is 12.1 Å². The van der Waals surface area contributed by atoms with E-state index in [0.717, 1.165) is 10.9 Å². The number of alkyl halides is 6. The Balaban J connectivity index is 2.36. The molecule has 0 atom stereocenters. The van der Waals surface area contributed by atoms with Crippen LogP contribution in [0.25, 0.3) is 5.69 Å². The molecule has 0 radical (unpaired) electrons. The molecule has 0 spiro atoms. The van der Waals surface area contributed by atoms with Crippen molar-refractivity contribution in [2.24, 2.45) is 0 Å². The lowest BCUT2D eigenvalue weighted by atomic mass is 10.2. The summed E-state index contributed by atoms with van der Waals surface area (Å²) in [7, 11) is 0. The second-order valence-corrected chi connectivity index (χ2v) is 5.27. The lowest BCUT2D eigenvalue weighted by Crippen LogP contribution is -2.14. The van der Waals surface area contributed by atoms with Crippen molar-refractivity contribution < 1.29 is 26.7 Å². The maximum atomic E-state index is 12.9. The van der Waals surface area contributed by atoms with E-state index in [1.165, 1.54) is 0 Å². The van der Waals surface area contributed by atoms with Crippen molar-refractivity contribution in [2.45, 2.75) is 16.9 Å². The van der Waals surface area contributed by atoms with Gasteiger partial charge in [0.1, 0.15) is 0 Å². The molecule has 1 aromatic heterocycles. The smallest absolute Gasteiger partial charge is 0.307 e. The molecule has 0 fully saturated rings. The zero-order valence-corrected chi connectivity index (χ0v) is 12.4. The third kappa shape index (κ3) is 4.37. The summed E-state index contributed by atoms with van der Waals surface area (Å²) in [6, 6.07) is 8.03. The van der Waals surface area contributed by atoms with Crippen molar-refractivity contribution in [3.8, 4) is 5.69 Å². The van der Waals surface area contributed by atoms with E-state index < -0.39 is 28.2 Å². The van der Waals surface area contributed by atoms with E-state index in [1.54, 1.807) is 30.3 Å². The molecule has 0 bridgehead atoms. The highest BCUT2D eigenvalue weighted by Crippen LogP contribution is 2.33. The second kappa shape index (κ2) is 5.87. The van der Waals surface area contributed by atoms with Gasteiger partial charge in [-0.1, -0.05) is 18.2 Å². The Morgan fingerprint density at radius 3 is 2.24 bits per heavy atom. The SMILES string of the molecule is FC(F)(I)OCc1cn(-c2ccccc2)nc1C(F)(F)F. The predicted octanol–water partition coefficient (Wildman–Crippen LogP) is 4.39. The third-order valence-corrected chi connectivity index (χ3v) is 2.78. The lowest BCUT2D eigenvalue weighted by molar-refractivity contribution is -0.160. The van der Waals surface area contributed by atoms with Crippen LogP contribution in [0, 0.1) is 0 Å². The second-order valence-electron chi connectivity index (χ2n) is 4.02. The monoisotopic (exact) mass is 418 g/mol. The molecule has 0 amide bonds. The Kier molecular flexibility index (Phi) is 4.51. The van der Waals surface area contributed by atoms with Gasteiger partial charge in [-0.2, -0.15) is 27.1 Å². The molecule has 1 aromatic carbocycles. The van der Waals surface area contributed by atoms with E-state index >= 15 is 0 Å². The zero-order chi connectivity index (χ0) is 15.7. The molecule has 0 unspecified atom stereocenters. The molecule has 0 aliphatic heterocycles. The van der Waals surface area contributed by atoms with Crippen molar-refractivity contribution in [3.63, 3.8) is 0 Å². The van der Waals surface area contributed by atoms with Gasteiger partial charge in [0.15, 0.2) is 5.69 Å². The zero-order valence-electron chi connectivity index (χ0n) is 10.2. The quantitative estimate of drug-likeness (QED) is 0.419. The van der Waals surface area contributed by atoms with Gasteiger partial charge in [0, 0.05) is 34.4 Å². The first-order valence-corrected chi connectivity index (χ1v) is 6.66. The summed E-state index contributed by atoms with van der Waals surface area (Å²) in [6.45, 7) is -0.891. The molecule has 0 aliphatic carbocycles. The van der Waals surface area contributed by atoms with E-state index in [2.05, 4.69) is 9.84 Å². The van der Waals surface area contributed by atoms with Crippen LogP contribution in [-0.2, 0) is 17.5 Å². The molecule has 0 saturated carbocycles. The predicted molar refractivity (Wildman–Crippen MR) is 72.3 cm³/mol. The van der Waals surface area contributed by atoms with Crippen LogP contribution in [0.4, 0.5) is 22.0 Å². The first-order chi connectivity index (χ1) is 9.67. The fraction of sp³-hybridized carbons (Fsp3) is 0.250. The van der Waals surface area contributed by atoms with Crippen LogP contribution in [-0.4, -0.2) is 13.9 Å². The number of ether oxygens (including phenoxy) is 1. The van der Waals surface area contributed by atoms with Crippen molar-refractivity contribution in [3.05, 3.63) is 47.8 Å². The van der Waals surface area contributed by atoms with Gasteiger partial charge in [0.25, 0.3) is 0 Å². The number of benzene rings is 1. The minimum absolute atomic E-state index is 0.385. The summed E-state index contributed by atoms with van der Waals surface area (Å²) in [5, 5.41) is 3.42. The number of halogens is 6. The van der Waals surface area contributed by atoms with Gasteiger partial charge in [-0.25, -0.2) is 4.68 Å². The van der Waals surface area contributed by atoms with Crippen LogP contribution in [0.5, 0.6) is 0 Å². The number of rotatable bonds is 4. The maximum Gasteiger partial charge on any atom is 0.435 e. The molecule has 2 rings (SSSR count). The van der Waals surface area contributed by atoms with E-state index in [-0.39, 0.29) is 0 Å². The van der Waals surface area contributed by atoms with Crippen LogP contribution in [0.15, 0.2) is 36.5 Å². The Hall–Kier alpha value is -1.23. The van der Waals surface area contributed by atoms with Crippen LogP contribution < -0.4 is 0 Å². The van der Waals surface area contributed by atoms with E-state index in [1.807, 2.05) is 0 Å². The minimum Gasteiger partial charge on any atom is -0.307 e. The maximum absolute atomic E-state index is 12.9. The number of hydrogen-bond donors (Lipinski definition) is 0. The lowest BCUT2D eigenvalue weighted by Gasteiger charge is -2.10. The Labute approximate surface area is 129 Å². The number of para-hydroxylation sites is 1. The molecule has 21 heavy (non-hydrogen) atoms. The average Bonchev–Trinajstić information content (AvgIpc) is 2.81. The standard InChI is InChI=1S/C12H8F5IN2O/c13-11(14,15)10-8(7-21-12(16,17)18)6-20(19-10)9-4-2-1-3-5-9/h1-6H,7H2. The average molecular weight is 418 g/mol. The van der Waals surface area contributed by atoms with Gasteiger partial charge in [-0.3, -0.25) is 0 Å². The number of nitrogens with zero attached hydrogens (tertiary/aromatic N) is 2. The highest BCUT2D eigenvalue weighted by molar-refractivity contribution is 14.1. The first kappa shape index (κ1) is 16.1. The number of aromatic nitrogens is 2. The van der Waals surface area contributed by atoms with Crippen LogP contribution >= 0.6 is 22.6 Å². The number of hydrogen-bond acceptors (Lipinski definition) is 2. The molecule has 0 aliphatic rings. The summed E-state index contributed by atoms with van der Waals surface area (Å²) in [4.78, 5) is 0. The largest absolute Gasteiger partial charge is 0.435 e. The summed E-state index contributed by atoms with van der Waals surface area (Å²) in [5.74, 6) is 0. The van der Waals surface area contributed by atoms with Gasteiger partial charge in [0.2, 0.25) is 0 Å². The Morgan fingerprint density at radius 2 is 1.71 bits per heavy atom. The first-order valence-electron chi connectivity index (χ1n) is 5.59. The summed E-state index contributed by atoms with van der Waals surface area (Å²) < 4.78 is 65.4. The van der Waals surface area contributed by atoms with Gasteiger partial charge >= 0.3 is 10.3 Å². The minimum atomic E-state index is -4.75. The van der Waals surface area contributed by atoms with E-state index in [9.17, 15) is 22.0 Å². The van der Waals surface area contributed by atoms with Crippen LogP contribution in [0.2, 0.25) is 0 Å². The molecular formula is C12H8F5IN2O. The normalized spacial score (nSPS) is 12.7. The van der Waals surface area contributed by atoms with E-state index in [0.29, 0.717) is 28.3 Å². The van der Waals surface area contributed by atoms with Crippen molar-refractivity contribution in [1.82, 2.24) is 9.78 Å². The van der Waals surface area contributed by atoms with Gasteiger partial charge < -0.3 is 4.74 Å². The highest BCUT2D eigenvalue weighted by atomic mass is 127. The van der Waals surface area contributed by atoms with Crippen molar-refractivity contribution in [1.29, 1.82) is 0 Å². The molecular weight excluding hydrogens is 410 g/mol. The Bertz CT molecular complexity index is 606. The van der Waals surface area contributed by atoms with Crippen LogP contribution in [0.1, 0.15) is 11.3 Å². The molecule has 114 valence electrons. The fourth-order valence-electron chi connectivity index (χ4n) is 1.63. The molecule has 0 N–H and O–H groups in total. The highest BCUT2D eigenvalue weighted by Gasteiger charge is 2.38. The topological polar surface area (TPSA) is 27.1 Å². The summed E-state index contributed by atoms with van der Waals surface area (Å²) in [5.41, 5.74) is -1.31. The van der Waals surface area contributed by atoms with Gasteiger partial charge in [0.05, 0.1) is 12.3 Å². The summed E-state index contributed by atoms with van der Waals surface area (Å²) in [6.07, 6.45) is -3.72. The fourth-order valence-corrected chi connectivity index (χ4v) is 1.78. The molecule has 2 aromatic rings. The molecule has 9 heteroatoms. The molecule has 1 heterocycles. The van der Waals surface area contributed by atoms with Crippen LogP contribution in [0.3, 0.4) is 0 Å². The van der Waals surface area contributed by atoms with Crippen molar-refractivity contribution in [2.75, 3.05) is 0 Å². The van der Waals surface area contributed by atoms with E-state index in [4.69, 9.17) is 0 Å². The molecule has 3 nitrogen and oxygen atoms in total. The van der Waals surface area contributed by atoms with Gasteiger partial charge in [-0.15, -0.1) is 0 Å². The summed E-state index contributed by atoms with van der Waals surface area (Å²) >= 11 is 0.690. The third-order valence-electron chi connectivity index (χ3n) is 2.47. The molecule has 0 saturated heterocycles. The Morgan fingerprint density at radius 1 is 1.10 bits per heavy atom.